The van der Waals surface area contributed by atoms with Gasteiger partial charge < -0.3 is 28.1 Å². The van der Waals surface area contributed by atoms with Crippen LogP contribution in [0.25, 0.3) is 22.3 Å². The van der Waals surface area contributed by atoms with Crippen LogP contribution in [-0.4, -0.2) is 33.7 Å². The van der Waals surface area contributed by atoms with E-state index in [1.807, 2.05) is 66.7 Å². The summed E-state index contributed by atoms with van der Waals surface area (Å²) in [5, 5.41) is 0.901. The molecule has 0 N–H and O–H groups in total. The molecule has 1 aliphatic rings. The number of fused-ring (bicyclic) bond motifs is 1. The maximum atomic E-state index is 6.19. The molecule has 6 nitrogen and oxygen atoms in total. The zero-order valence-corrected chi connectivity index (χ0v) is 21.1. The summed E-state index contributed by atoms with van der Waals surface area (Å²) >= 11 is 0. The molecule has 1 aromatic heterocycles. The van der Waals surface area contributed by atoms with Crippen molar-refractivity contribution < 1.29 is 28.1 Å². The molecular weight excluding hydrogens is 468 g/mol. The first-order chi connectivity index (χ1) is 18.2. The highest BCUT2D eigenvalue weighted by Gasteiger charge is 2.15. The second-order valence-corrected chi connectivity index (χ2v) is 8.76. The van der Waals surface area contributed by atoms with Crippen molar-refractivity contribution in [2.75, 3.05) is 27.4 Å². The summed E-state index contributed by atoms with van der Waals surface area (Å²) < 4.78 is 34.7. The van der Waals surface area contributed by atoms with Crippen molar-refractivity contribution in [3.63, 3.8) is 0 Å². The van der Waals surface area contributed by atoms with Crippen LogP contribution in [0.5, 0.6) is 17.2 Å². The first-order valence-corrected chi connectivity index (χ1v) is 12.4. The number of rotatable bonds is 8. The topological polar surface area (TPSA) is 59.3 Å². The Labute approximate surface area is 217 Å². The lowest BCUT2D eigenvalue weighted by Crippen LogP contribution is -2.22. The molecule has 0 aliphatic carbocycles. The number of methoxy groups -OCH3 is 2. The largest absolute Gasteiger partial charge is 0.493 e. The molecule has 0 saturated carbocycles. The second kappa shape index (κ2) is 11.9. The first-order valence-electron chi connectivity index (χ1n) is 12.4. The minimum Gasteiger partial charge on any atom is -0.493 e. The molecule has 1 atom stereocenters. The van der Waals surface area contributed by atoms with E-state index < -0.39 is 0 Å². The highest BCUT2D eigenvalue weighted by molar-refractivity contribution is 5.89. The number of hydrogen-bond acceptors (Lipinski definition) is 6. The quantitative estimate of drug-likeness (QED) is 0.256. The Morgan fingerprint density at radius 2 is 1.76 bits per heavy atom. The lowest BCUT2D eigenvalue weighted by Gasteiger charge is -2.21. The summed E-state index contributed by atoms with van der Waals surface area (Å²) in [6, 6.07) is 21.6. The standard InChI is InChI=1S/C31H30O6/c1-32-28-19-24(13-14-26(28)36-21-22-9-4-3-5-10-22)27-20-25-17-23(18-29(33-2)31(25)37-27)11-8-16-35-30-12-6-7-15-34-30/h3-5,9-10,13-14,17-20,30H,6-7,12,15-16,21H2,1-2H3. The molecule has 0 amide bonds. The van der Waals surface area contributed by atoms with Crippen molar-refractivity contribution in [2.24, 2.45) is 0 Å². The fourth-order valence-electron chi connectivity index (χ4n) is 4.28. The summed E-state index contributed by atoms with van der Waals surface area (Å²) in [4.78, 5) is 0. The summed E-state index contributed by atoms with van der Waals surface area (Å²) in [6.07, 6.45) is 2.99. The summed E-state index contributed by atoms with van der Waals surface area (Å²) in [7, 11) is 3.25. The molecule has 1 aliphatic heterocycles. The van der Waals surface area contributed by atoms with Crippen molar-refractivity contribution >= 4 is 11.0 Å². The van der Waals surface area contributed by atoms with Gasteiger partial charge in [-0.1, -0.05) is 42.2 Å². The molecule has 0 radical (unpaired) electrons. The molecule has 0 spiro atoms. The Balaban J connectivity index is 1.34. The fourth-order valence-corrected chi connectivity index (χ4v) is 4.28. The predicted molar refractivity (Wildman–Crippen MR) is 142 cm³/mol. The molecule has 1 saturated heterocycles. The molecule has 0 bridgehead atoms. The van der Waals surface area contributed by atoms with Crippen molar-refractivity contribution in [2.45, 2.75) is 32.2 Å². The van der Waals surface area contributed by atoms with E-state index in [1.165, 1.54) is 0 Å². The SMILES string of the molecule is COc1cc(-c2cc3cc(C#CCOC4CCCCO4)cc(OC)c3o2)ccc1OCc1ccccc1. The van der Waals surface area contributed by atoms with Gasteiger partial charge in [-0.05, 0) is 61.2 Å². The van der Waals surface area contributed by atoms with Crippen LogP contribution in [0.2, 0.25) is 0 Å². The molecule has 2 heterocycles. The van der Waals surface area contributed by atoms with E-state index in [4.69, 9.17) is 28.1 Å². The summed E-state index contributed by atoms with van der Waals surface area (Å²) in [5.74, 6) is 8.87. The molecular formula is C31H30O6. The molecule has 6 heteroatoms. The smallest absolute Gasteiger partial charge is 0.176 e. The number of ether oxygens (including phenoxy) is 5. The zero-order valence-electron chi connectivity index (χ0n) is 21.1. The highest BCUT2D eigenvalue weighted by atomic mass is 16.7. The third kappa shape index (κ3) is 6.08. The maximum Gasteiger partial charge on any atom is 0.176 e. The monoisotopic (exact) mass is 498 g/mol. The number of hydrogen-bond donors (Lipinski definition) is 0. The van der Waals surface area contributed by atoms with Gasteiger partial charge in [-0.3, -0.25) is 0 Å². The van der Waals surface area contributed by atoms with E-state index >= 15 is 0 Å². The van der Waals surface area contributed by atoms with Gasteiger partial charge in [0, 0.05) is 23.1 Å². The van der Waals surface area contributed by atoms with Crippen LogP contribution < -0.4 is 14.2 Å². The van der Waals surface area contributed by atoms with Gasteiger partial charge in [0.15, 0.2) is 29.1 Å². The number of furan rings is 1. The molecule has 190 valence electrons. The van der Waals surface area contributed by atoms with Crippen LogP contribution in [-0.2, 0) is 16.1 Å². The lowest BCUT2D eigenvalue weighted by molar-refractivity contribution is -0.154. The van der Waals surface area contributed by atoms with Gasteiger partial charge in [0.1, 0.15) is 19.0 Å². The van der Waals surface area contributed by atoms with E-state index in [0.29, 0.717) is 41.8 Å². The average Bonchev–Trinajstić information content (AvgIpc) is 3.39. The minimum atomic E-state index is -0.149. The van der Waals surface area contributed by atoms with Gasteiger partial charge in [-0.2, -0.15) is 0 Å². The molecule has 37 heavy (non-hydrogen) atoms. The molecule has 5 rings (SSSR count). The Morgan fingerprint density at radius 1 is 0.892 bits per heavy atom. The maximum absolute atomic E-state index is 6.19. The Hall–Kier alpha value is -3.92. The summed E-state index contributed by atoms with van der Waals surface area (Å²) in [6.45, 7) is 1.53. The van der Waals surface area contributed by atoms with E-state index in [1.54, 1.807) is 14.2 Å². The third-order valence-electron chi connectivity index (χ3n) is 6.20. The van der Waals surface area contributed by atoms with Gasteiger partial charge in [-0.15, -0.1) is 0 Å². The number of benzene rings is 3. The van der Waals surface area contributed by atoms with Crippen molar-refractivity contribution in [3.8, 4) is 40.4 Å². The van der Waals surface area contributed by atoms with Crippen molar-refractivity contribution in [3.05, 3.63) is 77.9 Å². The Bertz CT molecular complexity index is 1390. The average molecular weight is 499 g/mol. The zero-order chi connectivity index (χ0) is 25.5. The van der Waals surface area contributed by atoms with E-state index in [9.17, 15) is 0 Å². The van der Waals surface area contributed by atoms with Crippen LogP contribution >= 0.6 is 0 Å². The second-order valence-electron chi connectivity index (χ2n) is 8.76. The molecule has 1 fully saturated rings. The van der Waals surface area contributed by atoms with Gasteiger partial charge in [-0.25, -0.2) is 0 Å². The predicted octanol–water partition coefficient (Wildman–Crippen LogP) is 6.59. The Morgan fingerprint density at radius 3 is 2.54 bits per heavy atom. The highest BCUT2D eigenvalue weighted by Crippen LogP contribution is 2.38. The normalized spacial score (nSPS) is 15.1. The van der Waals surface area contributed by atoms with E-state index in [-0.39, 0.29) is 6.29 Å². The van der Waals surface area contributed by atoms with Gasteiger partial charge in [0.2, 0.25) is 0 Å². The van der Waals surface area contributed by atoms with Crippen molar-refractivity contribution in [1.82, 2.24) is 0 Å². The van der Waals surface area contributed by atoms with Crippen LogP contribution in [0.15, 0.2) is 71.1 Å². The molecule has 3 aromatic carbocycles. The molecule has 1 unspecified atom stereocenters. The lowest BCUT2D eigenvalue weighted by atomic mass is 10.1. The van der Waals surface area contributed by atoms with Crippen LogP contribution in [0.3, 0.4) is 0 Å². The fraction of sp³-hybridized carbons (Fsp3) is 0.290. The molecule has 4 aromatic rings. The van der Waals surface area contributed by atoms with Crippen LogP contribution in [0, 0.1) is 11.8 Å². The van der Waals surface area contributed by atoms with Crippen LogP contribution in [0.1, 0.15) is 30.4 Å². The van der Waals surface area contributed by atoms with Gasteiger partial charge >= 0.3 is 0 Å². The van der Waals surface area contributed by atoms with Crippen molar-refractivity contribution in [1.29, 1.82) is 0 Å². The Kier molecular flexibility index (Phi) is 7.95. The summed E-state index contributed by atoms with van der Waals surface area (Å²) in [5.41, 5.74) is 3.45. The van der Waals surface area contributed by atoms with Gasteiger partial charge in [0.25, 0.3) is 0 Å². The van der Waals surface area contributed by atoms with E-state index in [2.05, 4.69) is 11.8 Å². The first kappa shape index (κ1) is 24.8. The minimum absolute atomic E-state index is 0.149. The van der Waals surface area contributed by atoms with Crippen LogP contribution in [0.4, 0.5) is 0 Å². The van der Waals surface area contributed by atoms with E-state index in [0.717, 1.165) is 47.9 Å². The third-order valence-corrected chi connectivity index (χ3v) is 6.20. The van der Waals surface area contributed by atoms with Gasteiger partial charge in [0.05, 0.1) is 14.2 Å².